The van der Waals surface area contributed by atoms with E-state index in [1.54, 1.807) is 31.4 Å². The smallest absolute Gasteiger partial charge is 0.319 e. The number of rotatable bonds is 7. The van der Waals surface area contributed by atoms with Crippen molar-refractivity contribution in [2.75, 3.05) is 25.6 Å². The molecule has 0 aromatic heterocycles. The number of para-hydroxylation sites is 1. The van der Waals surface area contributed by atoms with Crippen LogP contribution in [-0.2, 0) is 4.74 Å². The normalized spacial score (nSPS) is 14.9. The average Bonchev–Trinajstić information content (AvgIpc) is 2.60. The molecule has 1 aliphatic rings. The van der Waals surface area contributed by atoms with E-state index in [-0.39, 0.29) is 18.0 Å². The summed E-state index contributed by atoms with van der Waals surface area (Å²) < 4.78 is 4.96. The number of benzene rings is 1. The van der Waals surface area contributed by atoms with Gasteiger partial charge in [-0.3, -0.25) is 4.79 Å². The Labute approximate surface area is 143 Å². The number of carbonyl (C=O) groups excluding carboxylic acids is 2. The van der Waals surface area contributed by atoms with Crippen LogP contribution in [0, 0.1) is 0 Å². The van der Waals surface area contributed by atoms with Gasteiger partial charge in [0.25, 0.3) is 5.91 Å². The highest BCUT2D eigenvalue weighted by Gasteiger charge is 2.17. The highest BCUT2D eigenvalue weighted by molar-refractivity contribution is 6.03. The fraction of sp³-hybridized carbons (Fsp3) is 0.556. The molecule has 1 aromatic carbocycles. The molecule has 0 unspecified atom stereocenters. The summed E-state index contributed by atoms with van der Waals surface area (Å²) in [7, 11) is 1.63. The number of hydrogen-bond donors (Lipinski definition) is 3. The van der Waals surface area contributed by atoms with Gasteiger partial charge in [-0.1, -0.05) is 31.4 Å². The van der Waals surface area contributed by atoms with Crippen LogP contribution in [0.2, 0.25) is 0 Å². The molecule has 1 fully saturated rings. The number of urea groups is 1. The van der Waals surface area contributed by atoms with Crippen molar-refractivity contribution >= 4 is 17.6 Å². The molecular formula is C18H27N3O3. The number of nitrogens with one attached hydrogen (secondary N) is 3. The molecule has 0 spiro atoms. The molecule has 6 heteroatoms. The fourth-order valence-electron chi connectivity index (χ4n) is 2.89. The Hall–Kier alpha value is -2.08. The molecule has 1 aromatic rings. The fourth-order valence-corrected chi connectivity index (χ4v) is 2.89. The van der Waals surface area contributed by atoms with Crippen LogP contribution >= 0.6 is 0 Å². The van der Waals surface area contributed by atoms with E-state index in [4.69, 9.17) is 4.74 Å². The summed E-state index contributed by atoms with van der Waals surface area (Å²) in [6, 6.07) is 7.02. The van der Waals surface area contributed by atoms with Crippen molar-refractivity contribution in [1.29, 1.82) is 0 Å². The summed E-state index contributed by atoms with van der Waals surface area (Å²) in [5.74, 6) is -0.195. The first-order valence-electron chi connectivity index (χ1n) is 8.64. The number of methoxy groups -OCH3 is 1. The second-order valence-electron chi connectivity index (χ2n) is 6.08. The molecule has 1 saturated carbocycles. The molecule has 3 amide bonds. The SMILES string of the molecule is COCCCNC(=O)c1ccccc1NC(=O)NC1CCCCC1. The largest absolute Gasteiger partial charge is 0.385 e. The standard InChI is InChI=1S/C18H27N3O3/c1-24-13-7-12-19-17(22)15-10-5-6-11-16(15)21-18(23)20-14-8-3-2-4-9-14/h5-6,10-11,14H,2-4,7-9,12-13H2,1H3,(H,19,22)(H2,20,21,23). The maximum absolute atomic E-state index is 12.3. The van der Waals surface area contributed by atoms with E-state index < -0.39 is 0 Å². The van der Waals surface area contributed by atoms with Crippen LogP contribution in [0.4, 0.5) is 10.5 Å². The Morgan fingerprint density at radius 1 is 1.17 bits per heavy atom. The van der Waals surface area contributed by atoms with Crippen molar-refractivity contribution in [3.8, 4) is 0 Å². The van der Waals surface area contributed by atoms with Crippen LogP contribution < -0.4 is 16.0 Å². The summed E-state index contributed by atoms with van der Waals surface area (Å²) in [4.78, 5) is 24.5. The number of anilines is 1. The molecule has 3 N–H and O–H groups in total. The zero-order chi connectivity index (χ0) is 17.2. The van der Waals surface area contributed by atoms with Gasteiger partial charge < -0.3 is 20.7 Å². The van der Waals surface area contributed by atoms with Gasteiger partial charge in [0, 0.05) is 26.3 Å². The lowest BCUT2D eigenvalue weighted by Gasteiger charge is -2.23. The van der Waals surface area contributed by atoms with Gasteiger partial charge in [-0.25, -0.2) is 4.79 Å². The second kappa shape index (κ2) is 9.93. The first-order chi connectivity index (χ1) is 11.7. The summed E-state index contributed by atoms with van der Waals surface area (Å²) >= 11 is 0. The van der Waals surface area contributed by atoms with E-state index in [2.05, 4.69) is 16.0 Å². The van der Waals surface area contributed by atoms with Crippen molar-refractivity contribution in [2.45, 2.75) is 44.6 Å². The van der Waals surface area contributed by atoms with E-state index in [9.17, 15) is 9.59 Å². The molecule has 0 radical (unpaired) electrons. The lowest BCUT2D eigenvalue weighted by molar-refractivity contribution is 0.0949. The third kappa shape index (κ3) is 5.85. The van der Waals surface area contributed by atoms with Crippen molar-refractivity contribution in [3.05, 3.63) is 29.8 Å². The molecule has 0 aliphatic heterocycles. The topological polar surface area (TPSA) is 79.5 Å². The van der Waals surface area contributed by atoms with Crippen LogP contribution in [0.3, 0.4) is 0 Å². The number of ether oxygens (including phenoxy) is 1. The van der Waals surface area contributed by atoms with E-state index in [1.165, 1.54) is 6.42 Å². The van der Waals surface area contributed by atoms with Gasteiger partial charge in [0.1, 0.15) is 0 Å². The lowest BCUT2D eigenvalue weighted by Crippen LogP contribution is -2.39. The molecular weight excluding hydrogens is 306 g/mol. The van der Waals surface area contributed by atoms with Gasteiger partial charge in [-0.15, -0.1) is 0 Å². The van der Waals surface area contributed by atoms with Crippen molar-refractivity contribution in [1.82, 2.24) is 10.6 Å². The molecule has 1 aliphatic carbocycles. The van der Waals surface area contributed by atoms with Gasteiger partial charge in [0.15, 0.2) is 0 Å². The molecule has 2 rings (SSSR count). The molecule has 0 saturated heterocycles. The van der Waals surface area contributed by atoms with Crippen LogP contribution in [-0.4, -0.2) is 38.2 Å². The minimum absolute atomic E-state index is 0.195. The summed E-state index contributed by atoms with van der Waals surface area (Å²) in [6.45, 7) is 1.14. The van der Waals surface area contributed by atoms with Crippen LogP contribution in [0.25, 0.3) is 0 Å². The van der Waals surface area contributed by atoms with E-state index >= 15 is 0 Å². The molecule has 0 heterocycles. The minimum Gasteiger partial charge on any atom is -0.385 e. The van der Waals surface area contributed by atoms with Crippen molar-refractivity contribution in [3.63, 3.8) is 0 Å². The van der Waals surface area contributed by atoms with E-state index in [0.717, 1.165) is 32.1 Å². The number of carbonyl (C=O) groups is 2. The number of hydrogen-bond acceptors (Lipinski definition) is 3. The first kappa shape index (κ1) is 18.3. The molecule has 24 heavy (non-hydrogen) atoms. The molecule has 0 atom stereocenters. The monoisotopic (exact) mass is 333 g/mol. The predicted octanol–water partition coefficient (Wildman–Crippen LogP) is 2.91. The molecule has 6 nitrogen and oxygen atoms in total. The highest BCUT2D eigenvalue weighted by atomic mass is 16.5. The Bertz CT molecular complexity index is 542. The molecule has 0 bridgehead atoms. The zero-order valence-corrected chi connectivity index (χ0v) is 14.3. The maximum atomic E-state index is 12.3. The van der Waals surface area contributed by atoms with Crippen LogP contribution in [0.15, 0.2) is 24.3 Å². The maximum Gasteiger partial charge on any atom is 0.319 e. The summed E-state index contributed by atoms with van der Waals surface area (Å²) in [5.41, 5.74) is 0.990. The number of amides is 3. The van der Waals surface area contributed by atoms with Gasteiger partial charge in [0.05, 0.1) is 11.3 Å². The quantitative estimate of drug-likeness (QED) is 0.671. The third-order valence-corrected chi connectivity index (χ3v) is 4.17. The van der Waals surface area contributed by atoms with Gasteiger partial charge >= 0.3 is 6.03 Å². The highest BCUT2D eigenvalue weighted by Crippen LogP contribution is 2.18. The summed E-state index contributed by atoms with van der Waals surface area (Å²) in [6.07, 6.45) is 6.35. The zero-order valence-electron chi connectivity index (χ0n) is 14.3. The van der Waals surface area contributed by atoms with Crippen LogP contribution in [0.1, 0.15) is 48.9 Å². The second-order valence-corrected chi connectivity index (χ2v) is 6.08. The lowest BCUT2D eigenvalue weighted by atomic mass is 9.96. The Morgan fingerprint density at radius 2 is 1.92 bits per heavy atom. The summed E-state index contributed by atoms with van der Waals surface area (Å²) in [5, 5.41) is 8.64. The van der Waals surface area contributed by atoms with Gasteiger partial charge in [0.2, 0.25) is 0 Å². The minimum atomic E-state index is -0.249. The predicted molar refractivity (Wildman–Crippen MR) is 94.3 cm³/mol. The Balaban J connectivity index is 1.89. The van der Waals surface area contributed by atoms with E-state index in [1.807, 2.05) is 0 Å². The van der Waals surface area contributed by atoms with Crippen molar-refractivity contribution in [2.24, 2.45) is 0 Å². The van der Waals surface area contributed by atoms with E-state index in [0.29, 0.717) is 24.4 Å². The Morgan fingerprint density at radius 3 is 2.67 bits per heavy atom. The molecule has 132 valence electrons. The van der Waals surface area contributed by atoms with Gasteiger partial charge in [-0.05, 0) is 31.4 Å². The van der Waals surface area contributed by atoms with Gasteiger partial charge in [-0.2, -0.15) is 0 Å². The first-order valence-corrected chi connectivity index (χ1v) is 8.64. The van der Waals surface area contributed by atoms with Crippen molar-refractivity contribution < 1.29 is 14.3 Å². The van der Waals surface area contributed by atoms with Crippen LogP contribution in [0.5, 0.6) is 0 Å². The average molecular weight is 333 g/mol. The third-order valence-electron chi connectivity index (χ3n) is 4.17. The Kier molecular flexibility index (Phi) is 7.55.